The van der Waals surface area contributed by atoms with E-state index in [0.717, 1.165) is 17.6 Å². The van der Waals surface area contributed by atoms with Gasteiger partial charge in [-0.3, -0.25) is 10.1 Å². The van der Waals surface area contributed by atoms with Crippen LogP contribution in [0.5, 0.6) is 0 Å². The fraction of sp³-hybridized carbons (Fsp3) is 0.0714. The van der Waals surface area contributed by atoms with Gasteiger partial charge >= 0.3 is 5.69 Å². The SMILES string of the molecule is Cc1c(Nc2ncc([N+](=O)[O-])c(N)n2)cnn1-c1ccccc1. The lowest BCUT2D eigenvalue weighted by Crippen LogP contribution is -2.04. The quantitative estimate of drug-likeness (QED) is 0.559. The maximum Gasteiger partial charge on any atom is 0.329 e. The van der Waals surface area contributed by atoms with Crippen molar-refractivity contribution >= 4 is 23.1 Å². The third-order valence-electron chi connectivity index (χ3n) is 3.25. The lowest BCUT2D eigenvalue weighted by molar-refractivity contribution is -0.384. The molecule has 23 heavy (non-hydrogen) atoms. The van der Waals surface area contributed by atoms with E-state index in [-0.39, 0.29) is 17.5 Å². The average molecular weight is 311 g/mol. The Morgan fingerprint density at radius 1 is 1.26 bits per heavy atom. The smallest absolute Gasteiger partial charge is 0.329 e. The highest BCUT2D eigenvalue weighted by Gasteiger charge is 2.15. The van der Waals surface area contributed by atoms with E-state index in [4.69, 9.17) is 5.73 Å². The molecule has 3 N–H and O–H groups in total. The molecule has 0 bridgehead atoms. The Bertz CT molecular complexity index is 861. The lowest BCUT2D eigenvalue weighted by Gasteiger charge is -2.06. The molecule has 0 aliphatic heterocycles. The molecule has 0 unspecified atom stereocenters. The number of hydrogen-bond acceptors (Lipinski definition) is 7. The zero-order chi connectivity index (χ0) is 16.4. The highest BCUT2D eigenvalue weighted by Crippen LogP contribution is 2.23. The fourth-order valence-corrected chi connectivity index (χ4v) is 2.07. The van der Waals surface area contributed by atoms with Crippen molar-refractivity contribution < 1.29 is 4.92 Å². The van der Waals surface area contributed by atoms with E-state index in [9.17, 15) is 10.1 Å². The van der Waals surface area contributed by atoms with E-state index in [1.165, 1.54) is 0 Å². The van der Waals surface area contributed by atoms with Gasteiger partial charge in [0.1, 0.15) is 6.20 Å². The normalized spacial score (nSPS) is 10.5. The van der Waals surface area contributed by atoms with Gasteiger partial charge in [0.05, 0.1) is 28.2 Å². The Morgan fingerprint density at radius 2 is 2.00 bits per heavy atom. The van der Waals surface area contributed by atoms with Crippen molar-refractivity contribution in [2.24, 2.45) is 0 Å². The Labute approximate surface area is 130 Å². The molecule has 9 nitrogen and oxygen atoms in total. The summed E-state index contributed by atoms with van der Waals surface area (Å²) in [6, 6.07) is 9.64. The van der Waals surface area contributed by atoms with E-state index in [2.05, 4.69) is 20.4 Å². The number of nitrogen functional groups attached to an aromatic ring is 1. The van der Waals surface area contributed by atoms with Gasteiger partial charge in [-0.1, -0.05) is 18.2 Å². The lowest BCUT2D eigenvalue weighted by atomic mass is 10.3. The number of aromatic nitrogens is 4. The minimum Gasteiger partial charge on any atom is -0.378 e. The standard InChI is InChI=1S/C14H13N7O2/c1-9-11(7-17-20(9)10-5-3-2-4-6-10)18-14-16-8-12(21(22)23)13(15)19-14/h2-8H,1H3,(H3,15,16,18,19). The average Bonchev–Trinajstić information content (AvgIpc) is 2.89. The predicted molar refractivity (Wildman–Crippen MR) is 84.7 cm³/mol. The molecule has 0 atom stereocenters. The molecule has 0 fully saturated rings. The molecule has 2 aromatic heterocycles. The van der Waals surface area contributed by atoms with Gasteiger partial charge in [0.2, 0.25) is 11.8 Å². The molecule has 2 heterocycles. The van der Waals surface area contributed by atoms with E-state index >= 15 is 0 Å². The van der Waals surface area contributed by atoms with Gasteiger partial charge in [-0.2, -0.15) is 10.1 Å². The molecule has 0 saturated heterocycles. The maximum atomic E-state index is 10.7. The van der Waals surface area contributed by atoms with E-state index in [1.54, 1.807) is 10.9 Å². The second kappa shape index (κ2) is 5.72. The summed E-state index contributed by atoms with van der Waals surface area (Å²) >= 11 is 0. The van der Waals surface area contributed by atoms with Crippen LogP contribution in [0, 0.1) is 17.0 Å². The minimum atomic E-state index is -0.627. The van der Waals surface area contributed by atoms with Gasteiger partial charge in [0, 0.05) is 0 Å². The molecule has 9 heteroatoms. The molecule has 3 rings (SSSR count). The van der Waals surface area contributed by atoms with Crippen molar-refractivity contribution in [2.45, 2.75) is 6.92 Å². The van der Waals surface area contributed by atoms with Crippen LogP contribution in [0.3, 0.4) is 0 Å². The van der Waals surface area contributed by atoms with Gasteiger partial charge in [-0.15, -0.1) is 0 Å². The molecule has 3 aromatic rings. The number of para-hydroxylation sites is 1. The van der Waals surface area contributed by atoms with Gasteiger partial charge in [-0.25, -0.2) is 9.67 Å². The predicted octanol–water partition coefficient (Wildman–Crippen LogP) is 2.20. The van der Waals surface area contributed by atoms with Crippen LogP contribution in [0.15, 0.2) is 42.7 Å². The van der Waals surface area contributed by atoms with Crippen molar-refractivity contribution in [3.8, 4) is 5.69 Å². The summed E-state index contributed by atoms with van der Waals surface area (Å²) in [5.74, 6) is -0.0237. The van der Waals surface area contributed by atoms with Gasteiger partial charge in [-0.05, 0) is 19.1 Å². The first-order valence-corrected chi connectivity index (χ1v) is 6.70. The summed E-state index contributed by atoms with van der Waals surface area (Å²) in [6.45, 7) is 1.89. The van der Waals surface area contributed by atoms with E-state index in [1.807, 2.05) is 37.3 Å². The Balaban J connectivity index is 1.88. The summed E-state index contributed by atoms with van der Waals surface area (Å²) in [5.41, 5.74) is 7.68. The highest BCUT2D eigenvalue weighted by molar-refractivity contribution is 5.60. The monoisotopic (exact) mass is 311 g/mol. The largest absolute Gasteiger partial charge is 0.378 e. The third kappa shape index (κ3) is 2.79. The molecule has 0 amide bonds. The molecular formula is C14H13N7O2. The second-order valence-electron chi connectivity index (χ2n) is 4.74. The minimum absolute atomic E-state index is 0.170. The summed E-state index contributed by atoms with van der Waals surface area (Å²) in [4.78, 5) is 17.9. The number of hydrogen-bond donors (Lipinski definition) is 2. The van der Waals surface area contributed by atoms with Crippen molar-refractivity contribution in [1.29, 1.82) is 0 Å². The van der Waals surface area contributed by atoms with Gasteiger partial charge in [0.25, 0.3) is 0 Å². The Kier molecular flexibility index (Phi) is 3.59. The highest BCUT2D eigenvalue weighted by atomic mass is 16.6. The number of benzene rings is 1. The molecular weight excluding hydrogens is 298 g/mol. The number of nitrogens with two attached hydrogens (primary N) is 1. The second-order valence-corrected chi connectivity index (χ2v) is 4.74. The summed E-state index contributed by atoms with van der Waals surface area (Å²) in [5, 5.41) is 18.0. The molecule has 0 saturated carbocycles. The molecule has 1 aromatic carbocycles. The number of nitro groups is 1. The summed E-state index contributed by atoms with van der Waals surface area (Å²) < 4.78 is 1.76. The fourth-order valence-electron chi connectivity index (χ4n) is 2.07. The van der Waals surface area contributed by atoms with Crippen molar-refractivity contribution in [2.75, 3.05) is 11.1 Å². The number of nitrogens with one attached hydrogen (secondary N) is 1. The van der Waals surface area contributed by atoms with Crippen LogP contribution in [-0.2, 0) is 0 Å². The Hall–Kier alpha value is -3.49. The van der Waals surface area contributed by atoms with Crippen LogP contribution in [0.2, 0.25) is 0 Å². The third-order valence-corrected chi connectivity index (χ3v) is 3.25. The number of nitrogens with zero attached hydrogens (tertiary/aromatic N) is 5. The van der Waals surface area contributed by atoms with Crippen LogP contribution in [0.4, 0.5) is 23.1 Å². The first-order valence-electron chi connectivity index (χ1n) is 6.70. The molecule has 0 radical (unpaired) electrons. The molecule has 0 aliphatic carbocycles. The van der Waals surface area contributed by atoms with E-state index in [0.29, 0.717) is 5.69 Å². The van der Waals surface area contributed by atoms with Crippen LogP contribution in [0.25, 0.3) is 5.69 Å². The van der Waals surface area contributed by atoms with Gasteiger partial charge in [0.15, 0.2) is 0 Å². The van der Waals surface area contributed by atoms with Crippen LogP contribution >= 0.6 is 0 Å². The zero-order valence-electron chi connectivity index (χ0n) is 12.2. The molecule has 0 spiro atoms. The Morgan fingerprint density at radius 3 is 2.65 bits per heavy atom. The number of rotatable bonds is 4. The van der Waals surface area contributed by atoms with Crippen LogP contribution in [0.1, 0.15) is 5.69 Å². The topological polar surface area (TPSA) is 125 Å². The van der Waals surface area contributed by atoms with Gasteiger partial charge < -0.3 is 11.1 Å². The molecule has 116 valence electrons. The van der Waals surface area contributed by atoms with Crippen molar-refractivity contribution in [3.05, 3.63) is 58.5 Å². The van der Waals surface area contributed by atoms with Crippen molar-refractivity contribution in [3.63, 3.8) is 0 Å². The molecule has 0 aliphatic rings. The summed E-state index contributed by atoms with van der Waals surface area (Å²) in [7, 11) is 0. The maximum absolute atomic E-state index is 10.7. The first-order chi connectivity index (χ1) is 11.1. The van der Waals surface area contributed by atoms with Crippen molar-refractivity contribution in [1.82, 2.24) is 19.7 Å². The zero-order valence-corrected chi connectivity index (χ0v) is 12.2. The van der Waals surface area contributed by atoms with E-state index < -0.39 is 4.92 Å². The van der Waals surface area contributed by atoms with Crippen LogP contribution < -0.4 is 11.1 Å². The first kappa shape index (κ1) is 14.4. The summed E-state index contributed by atoms with van der Waals surface area (Å²) in [6.07, 6.45) is 2.70. The number of anilines is 3. The van der Waals surface area contributed by atoms with Crippen LogP contribution in [-0.4, -0.2) is 24.7 Å².